The maximum atomic E-state index is 8.90. The fraction of sp³-hybridized carbons (Fsp3) is 0.308. The maximum absolute atomic E-state index is 8.90. The van der Waals surface area contributed by atoms with Gasteiger partial charge in [0, 0.05) is 18.2 Å². The molecule has 1 aromatic heterocycles. The van der Waals surface area contributed by atoms with Crippen LogP contribution in [-0.2, 0) is 0 Å². The van der Waals surface area contributed by atoms with E-state index in [9.17, 15) is 0 Å². The first kappa shape index (κ1) is 10.1. The molecule has 0 radical (unpaired) electrons. The summed E-state index contributed by atoms with van der Waals surface area (Å²) in [5.41, 5.74) is 2.29. The number of pyridine rings is 1. The first-order valence-corrected chi connectivity index (χ1v) is 5.27. The molecule has 2 rings (SSSR count). The lowest BCUT2D eigenvalue weighted by Crippen LogP contribution is -1.96. The Morgan fingerprint density at radius 3 is 3.00 bits per heavy atom. The summed E-state index contributed by atoms with van der Waals surface area (Å²) in [6.45, 7) is 2.37. The third-order valence-electron chi connectivity index (χ3n) is 2.76. The normalized spacial score (nSPS) is 12.9. The fourth-order valence-corrected chi connectivity index (χ4v) is 1.76. The number of aliphatic hydroxyl groups is 1. The van der Waals surface area contributed by atoms with E-state index in [1.807, 2.05) is 12.1 Å². The molecule has 0 bridgehead atoms. The van der Waals surface area contributed by atoms with Crippen LogP contribution in [0, 0.1) is 0 Å². The summed E-state index contributed by atoms with van der Waals surface area (Å²) >= 11 is 0. The molecule has 0 aliphatic rings. The van der Waals surface area contributed by atoms with Crippen molar-refractivity contribution < 1.29 is 5.11 Å². The van der Waals surface area contributed by atoms with Crippen molar-refractivity contribution in [2.75, 3.05) is 6.61 Å². The highest BCUT2D eigenvalue weighted by Gasteiger charge is 2.05. The number of hydrogen-bond acceptors (Lipinski definition) is 2. The Bertz CT molecular complexity index is 453. The first-order valence-electron chi connectivity index (χ1n) is 5.27. The van der Waals surface area contributed by atoms with Crippen LogP contribution in [0.15, 0.2) is 36.5 Å². The van der Waals surface area contributed by atoms with Crippen molar-refractivity contribution in [3.05, 3.63) is 42.1 Å². The largest absolute Gasteiger partial charge is 0.396 e. The predicted octanol–water partition coefficient (Wildman–Crippen LogP) is 2.72. The summed E-state index contributed by atoms with van der Waals surface area (Å²) < 4.78 is 0. The fourth-order valence-electron chi connectivity index (χ4n) is 1.76. The molecule has 15 heavy (non-hydrogen) atoms. The molecule has 1 N–H and O–H groups in total. The van der Waals surface area contributed by atoms with Crippen molar-refractivity contribution in [3.8, 4) is 0 Å². The Morgan fingerprint density at radius 1 is 1.33 bits per heavy atom. The second kappa shape index (κ2) is 4.41. The molecule has 0 aliphatic heterocycles. The van der Waals surface area contributed by atoms with Gasteiger partial charge in [0.25, 0.3) is 0 Å². The van der Waals surface area contributed by atoms with Crippen LogP contribution in [0.1, 0.15) is 24.8 Å². The van der Waals surface area contributed by atoms with Gasteiger partial charge in [-0.15, -0.1) is 0 Å². The number of fused-ring (bicyclic) bond motifs is 1. The number of aliphatic hydroxyl groups excluding tert-OH is 1. The molecule has 0 saturated heterocycles. The van der Waals surface area contributed by atoms with Crippen molar-refractivity contribution >= 4 is 10.9 Å². The topological polar surface area (TPSA) is 33.1 Å². The van der Waals surface area contributed by atoms with E-state index in [2.05, 4.69) is 30.1 Å². The van der Waals surface area contributed by atoms with Gasteiger partial charge in [-0.25, -0.2) is 0 Å². The molecule has 1 unspecified atom stereocenters. The highest BCUT2D eigenvalue weighted by atomic mass is 16.3. The average molecular weight is 201 g/mol. The summed E-state index contributed by atoms with van der Waals surface area (Å²) in [5.74, 6) is 0.402. The monoisotopic (exact) mass is 201 g/mol. The van der Waals surface area contributed by atoms with Gasteiger partial charge < -0.3 is 5.11 Å². The average Bonchev–Trinajstić information content (AvgIpc) is 2.29. The molecule has 0 amide bonds. The summed E-state index contributed by atoms with van der Waals surface area (Å²) in [6, 6.07) is 10.3. The Kier molecular flexibility index (Phi) is 2.97. The van der Waals surface area contributed by atoms with Gasteiger partial charge in [-0.3, -0.25) is 4.98 Å². The van der Waals surface area contributed by atoms with Crippen LogP contribution < -0.4 is 0 Å². The molecule has 0 saturated carbocycles. The highest BCUT2D eigenvalue weighted by Crippen LogP contribution is 2.22. The van der Waals surface area contributed by atoms with E-state index < -0.39 is 0 Å². The Balaban J connectivity index is 2.38. The molecule has 0 fully saturated rings. The van der Waals surface area contributed by atoms with E-state index in [1.54, 1.807) is 6.20 Å². The van der Waals surface area contributed by atoms with Gasteiger partial charge in [0.2, 0.25) is 0 Å². The lowest BCUT2D eigenvalue weighted by Gasteiger charge is -2.10. The van der Waals surface area contributed by atoms with Gasteiger partial charge in [0.1, 0.15) is 0 Å². The second-order valence-corrected chi connectivity index (χ2v) is 3.87. The number of nitrogens with zero attached hydrogens (tertiary/aromatic N) is 1. The minimum absolute atomic E-state index is 0.242. The minimum Gasteiger partial charge on any atom is -0.396 e. The smallest absolute Gasteiger partial charge is 0.0702 e. The first-order chi connectivity index (χ1) is 7.31. The third kappa shape index (κ3) is 2.16. The summed E-state index contributed by atoms with van der Waals surface area (Å²) in [6.07, 6.45) is 2.62. The molecule has 1 aromatic carbocycles. The van der Waals surface area contributed by atoms with E-state index >= 15 is 0 Å². The molecule has 2 aromatic rings. The SMILES string of the molecule is CC(CCO)c1ccc2ncccc2c1. The zero-order valence-electron chi connectivity index (χ0n) is 8.85. The lowest BCUT2D eigenvalue weighted by molar-refractivity contribution is 0.278. The summed E-state index contributed by atoms with van der Waals surface area (Å²) in [4.78, 5) is 4.28. The molecular weight excluding hydrogens is 186 g/mol. The molecule has 2 nitrogen and oxygen atoms in total. The van der Waals surface area contributed by atoms with Gasteiger partial charge in [-0.2, -0.15) is 0 Å². The van der Waals surface area contributed by atoms with Crippen molar-refractivity contribution in [3.63, 3.8) is 0 Å². The molecule has 0 spiro atoms. The Morgan fingerprint density at radius 2 is 2.20 bits per heavy atom. The van der Waals surface area contributed by atoms with Gasteiger partial charge >= 0.3 is 0 Å². The third-order valence-corrected chi connectivity index (χ3v) is 2.76. The second-order valence-electron chi connectivity index (χ2n) is 3.87. The van der Waals surface area contributed by atoms with Gasteiger partial charge in [-0.05, 0) is 36.1 Å². The van der Waals surface area contributed by atoms with Crippen molar-refractivity contribution in [1.29, 1.82) is 0 Å². The zero-order valence-corrected chi connectivity index (χ0v) is 8.85. The van der Waals surface area contributed by atoms with Crippen LogP contribution in [0.4, 0.5) is 0 Å². The standard InChI is InChI=1S/C13H15NO/c1-10(6-8-15)11-4-5-13-12(9-11)3-2-7-14-13/h2-5,7,9-10,15H,6,8H2,1H3. The van der Waals surface area contributed by atoms with E-state index in [0.29, 0.717) is 5.92 Å². The van der Waals surface area contributed by atoms with Gasteiger partial charge in [-0.1, -0.05) is 19.1 Å². The summed E-state index contributed by atoms with van der Waals surface area (Å²) in [5, 5.41) is 10.1. The zero-order chi connectivity index (χ0) is 10.7. The Hall–Kier alpha value is -1.41. The van der Waals surface area contributed by atoms with Crippen molar-refractivity contribution in [2.45, 2.75) is 19.3 Å². The minimum atomic E-state index is 0.242. The highest BCUT2D eigenvalue weighted by molar-refractivity contribution is 5.79. The number of benzene rings is 1. The Labute approximate surface area is 89.6 Å². The number of rotatable bonds is 3. The molecule has 78 valence electrons. The number of aromatic nitrogens is 1. The number of hydrogen-bond donors (Lipinski definition) is 1. The van der Waals surface area contributed by atoms with Crippen molar-refractivity contribution in [2.24, 2.45) is 0 Å². The van der Waals surface area contributed by atoms with Gasteiger partial charge in [0.05, 0.1) is 5.52 Å². The van der Waals surface area contributed by atoms with Crippen LogP contribution >= 0.6 is 0 Å². The van der Waals surface area contributed by atoms with E-state index in [1.165, 1.54) is 10.9 Å². The quantitative estimate of drug-likeness (QED) is 0.828. The van der Waals surface area contributed by atoms with Crippen LogP contribution in [0.5, 0.6) is 0 Å². The van der Waals surface area contributed by atoms with Crippen LogP contribution in [0.25, 0.3) is 10.9 Å². The summed E-state index contributed by atoms with van der Waals surface area (Å²) in [7, 11) is 0. The molecular formula is C13H15NO. The maximum Gasteiger partial charge on any atom is 0.0702 e. The molecule has 1 heterocycles. The lowest BCUT2D eigenvalue weighted by atomic mass is 9.97. The van der Waals surface area contributed by atoms with Crippen LogP contribution in [-0.4, -0.2) is 16.7 Å². The van der Waals surface area contributed by atoms with E-state index in [4.69, 9.17) is 5.11 Å². The molecule has 0 aliphatic carbocycles. The predicted molar refractivity (Wildman–Crippen MR) is 61.9 cm³/mol. The van der Waals surface area contributed by atoms with Crippen LogP contribution in [0.3, 0.4) is 0 Å². The van der Waals surface area contributed by atoms with Crippen molar-refractivity contribution in [1.82, 2.24) is 4.98 Å². The molecule has 1 atom stereocenters. The van der Waals surface area contributed by atoms with Crippen LogP contribution in [0.2, 0.25) is 0 Å². The molecule has 2 heteroatoms. The van der Waals surface area contributed by atoms with E-state index in [0.717, 1.165) is 11.9 Å². The van der Waals surface area contributed by atoms with Gasteiger partial charge in [0.15, 0.2) is 0 Å². The van der Waals surface area contributed by atoms with E-state index in [-0.39, 0.29) is 6.61 Å².